The van der Waals surface area contributed by atoms with Crippen LogP contribution in [0.3, 0.4) is 0 Å². The first kappa shape index (κ1) is 20.8. The third kappa shape index (κ3) is 5.80. The van der Waals surface area contributed by atoms with Gasteiger partial charge in [-0.1, -0.05) is 41.9 Å². The van der Waals surface area contributed by atoms with Gasteiger partial charge in [-0.2, -0.15) is 0 Å². The van der Waals surface area contributed by atoms with Crippen LogP contribution in [0.15, 0.2) is 53.4 Å². The number of amides is 1. The second-order valence-electron chi connectivity index (χ2n) is 7.37. The van der Waals surface area contributed by atoms with Crippen molar-refractivity contribution < 1.29 is 13.2 Å². The van der Waals surface area contributed by atoms with Crippen molar-refractivity contribution in [2.45, 2.75) is 24.2 Å². The molecule has 0 unspecified atom stereocenters. The normalized spacial score (nSPS) is 16.1. The summed E-state index contributed by atoms with van der Waals surface area (Å²) < 4.78 is 23.4. The molecule has 0 radical (unpaired) electrons. The summed E-state index contributed by atoms with van der Waals surface area (Å²) in [7, 11) is -3.36. The minimum Gasteiger partial charge on any atom is -0.324 e. The van der Waals surface area contributed by atoms with E-state index in [-0.39, 0.29) is 17.3 Å². The van der Waals surface area contributed by atoms with Gasteiger partial charge in [0.2, 0.25) is 5.91 Å². The van der Waals surface area contributed by atoms with Crippen LogP contribution in [0.4, 0.5) is 5.69 Å². The highest BCUT2D eigenvalue weighted by atomic mass is 35.5. The molecule has 5 nitrogen and oxygen atoms in total. The summed E-state index contributed by atoms with van der Waals surface area (Å²) >= 11 is 6.11. The molecule has 1 amide bonds. The smallest absolute Gasteiger partial charge is 0.238 e. The maximum Gasteiger partial charge on any atom is 0.238 e. The molecule has 28 heavy (non-hydrogen) atoms. The fourth-order valence-electron chi connectivity index (χ4n) is 3.52. The first-order valence-electron chi connectivity index (χ1n) is 9.37. The van der Waals surface area contributed by atoms with Gasteiger partial charge in [-0.05, 0) is 62.0 Å². The number of piperidine rings is 1. The summed E-state index contributed by atoms with van der Waals surface area (Å²) in [5.74, 6) is 0.455. The lowest BCUT2D eigenvalue weighted by Gasteiger charge is -2.31. The van der Waals surface area contributed by atoms with E-state index < -0.39 is 9.84 Å². The second kappa shape index (κ2) is 9.07. The van der Waals surface area contributed by atoms with Gasteiger partial charge in [-0.15, -0.1) is 0 Å². The fraction of sp³-hybridized carbons (Fsp3) is 0.381. The van der Waals surface area contributed by atoms with E-state index >= 15 is 0 Å². The zero-order valence-electron chi connectivity index (χ0n) is 15.9. The largest absolute Gasteiger partial charge is 0.324 e. The predicted octanol–water partition coefficient (Wildman–Crippen LogP) is 3.64. The Hall–Kier alpha value is -1.89. The monoisotopic (exact) mass is 420 g/mol. The summed E-state index contributed by atoms with van der Waals surface area (Å²) in [4.78, 5) is 14.7. The van der Waals surface area contributed by atoms with Crippen LogP contribution in [0, 0.1) is 5.92 Å². The molecule has 0 bridgehead atoms. The average molecular weight is 421 g/mol. The Balaban J connectivity index is 1.51. The van der Waals surface area contributed by atoms with Crippen LogP contribution in [0.2, 0.25) is 5.02 Å². The predicted molar refractivity (Wildman–Crippen MR) is 113 cm³/mol. The van der Waals surface area contributed by atoms with Gasteiger partial charge >= 0.3 is 0 Å². The Kier molecular flexibility index (Phi) is 6.75. The van der Waals surface area contributed by atoms with E-state index in [1.165, 1.54) is 23.8 Å². The number of anilines is 1. The van der Waals surface area contributed by atoms with Crippen LogP contribution in [-0.2, 0) is 21.1 Å². The first-order valence-corrected chi connectivity index (χ1v) is 11.6. The Labute approximate surface area is 171 Å². The van der Waals surface area contributed by atoms with Crippen LogP contribution >= 0.6 is 11.6 Å². The number of carbonyl (C=O) groups is 1. The number of benzene rings is 2. The van der Waals surface area contributed by atoms with Gasteiger partial charge in [0.25, 0.3) is 0 Å². The van der Waals surface area contributed by atoms with Crippen molar-refractivity contribution in [2.24, 2.45) is 5.92 Å². The van der Waals surface area contributed by atoms with E-state index in [2.05, 4.69) is 34.5 Å². The minimum absolute atomic E-state index is 0.133. The number of hydrogen-bond donors (Lipinski definition) is 1. The molecule has 1 aliphatic heterocycles. The number of rotatable bonds is 6. The van der Waals surface area contributed by atoms with Crippen molar-refractivity contribution in [1.29, 1.82) is 0 Å². The number of nitrogens with zero attached hydrogens (tertiary/aromatic N) is 1. The quantitative estimate of drug-likeness (QED) is 0.774. The van der Waals surface area contributed by atoms with Crippen molar-refractivity contribution in [1.82, 2.24) is 4.90 Å². The highest BCUT2D eigenvalue weighted by molar-refractivity contribution is 7.90. The summed E-state index contributed by atoms with van der Waals surface area (Å²) in [6.45, 7) is 2.03. The van der Waals surface area contributed by atoms with Crippen molar-refractivity contribution >= 4 is 33.0 Å². The van der Waals surface area contributed by atoms with Gasteiger partial charge in [0.05, 0.1) is 22.2 Å². The summed E-state index contributed by atoms with van der Waals surface area (Å²) in [6, 6.07) is 14.8. The van der Waals surface area contributed by atoms with Crippen molar-refractivity contribution in [2.75, 3.05) is 31.2 Å². The molecule has 2 aromatic carbocycles. The molecule has 0 atom stereocenters. The van der Waals surface area contributed by atoms with Crippen LogP contribution in [0.1, 0.15) is 18.4 Å². The van der Waals surface area contributed by atoms with Crippen molar-refractivity contribution in [3.8, 4) is 0 Å². The van der Waals surface area contributed by atoms with E-state index in [1.54, 1.807) is 0 Å². The fourth-order valence-corrected chi connectivity index (χ4v) is 4.33. The molecular formula is C21H25ClN2O3S. The van der Waals surface area contributed by atoms with Gasteiger partial charge in [-0.3, -0.25) is 9.69 Å². The Bertz CT molecular complexity index is 924. The van der Waals surface area contributed by atoms with Gasteiger partial charge in [-0.25, -0.2) is 8.42 Å². The van der Waals surface area contributed by atoms with E-state index in [0.717, 1.165) is 38.6 Å². The SMILES string of the molecule is CS(=O)(=O)c1ccc(Cl)c(NC(=O)CN2CCC(Cc3ccccc3)CC2)c1. The molecule has 1 heterocycles. The molecular weight excluding hydrogens is 396 g/mol. The molecule has 0 spiro atoms. The van der Waals surface area contributed by atoms with E-state index in [0.29, 0.717) is 16.6 Å². The summed E-state index contributed by atoms with van der Waals surface area (Å²) in [6.07, 6.45) is 4.33. The molecule has 0 saturated carbocycles. The van der Waals surface area contributed by atoms with Crippen molar-refractivity contribution in [3.63, 3.8) is 0 Å². The number of halogens is 1. The Morgan fingerprint density at radius 2 is 1.82 bits per heavy atom. The lowest BCUT2D eigenvalue weighted by atomic mass is 9.90. The van der Waals surface area contributed by atoms with Crippen LogP contribution in [0.25, 0.3) is 0 Å². The summed E-state index contributed by atoms with van der Waals surface area (Å²) in [5.41, 5.74) is 1.69. The molecule has 1 saturated heterocycles. The standard InChI is InChI=1S/C21H25ClN2O3S/c1-28(26,27)18-7-8-19(22)20(14-18)23-21(25)15-24-11-9-17(10-12-24)13-16-5-3-2-4-6-16/h2-8,14,17H,9-13,15H2,1H3,(H,23,25). The highest BCUT2D eigenvalue weighted by Crippen LogP contribution is 2.26. The summed E-state index contributed by atoms with van der Waals surface area (Å²) in [5, 5.41) is 3.07. The number of likely N-dealkylation sites (tertiary alicyclic amines) is 1. The zero-order chi connectivity index (χ0) is 20.1. The molecule has 3 rings (SSSR count). The molecule has 1 aliphatic rings. The number of nitrogens with one attached hydrogen (secondary N) is 1. The van der Waals surface area contributed by atoms with Crippen LogP contribution < -0.4 is 5.32 Å². The molecule has 0 aromatic heterocycles. The molecule has 150 valence electrons. The molecule has 7 heteroatoms. The van der Waals surface area contributed by atoms with Gasteiger partial charge < -0.3 is 5.32 Å². The average Bonchev–Trinajstić information content (AvgIpc) is 2.65. The molecule has 1 N–H and O–H groups in total. The number of sulfone groups is 1. The van der Waals surface area contributed by atoms with Crippen molar-refractivity contribution in [3.05, 3.63) is 59.1 Å². The number of carbonyl (C=O) groups excluding carboxylic acids is 1. The topological polar surface area (TPSA) is 66.5 Å². The first-order chi connectivity index (χ1) is 13.3. The third-order valence-electron chi connectivity index (χ3n) is 5.08. The molecule has 1 fully saturated rings. The van der Waals surface area contributed by atoms with Gasteiger partial charge in [0.1, 0.15) is 0 Å². The van der Waals surface area contributed by atoms with Crippen LogP contribution in [-0.4, -0.2) is 45.1 Å². The molecule has 2 aromatic rings. The maximum absolute atomic E-state index is 12.4. The van der Waals surface area contributed by atoms with E-state index in [4.69, 9.17) is 11.6 Å². The minimum atomic E-state index is -3.36. The van der Waals surface area contributed by atoms with E-state index in [9.17, 15) is 13.2 Å². The third-order valence-corrected chi connectivity index (χ3v) is 6.52. The molecule has 0 aliphatic carbocycles. The van der Waals surface area contributed by atoms with E-state index in [1.807, 2.05) is 6.07 Å². The second-order valence-corrected chi connectivity index (χ2v) is 9.79. The van der Waals surface area contributed by atoms with Gasteiger partial charge in [0.15, 0.2) is 9.84 Å². The highest BCUT2D eigenvalue weighted by Gasteiger charge is 2.21. The Morgan fingerprint density at radius 1 is 1.14 bits per heavy atom. The van der Waals surface area contributed by atoms with Gasteiger partial charge in [0, 0.05) is 6.26 Å². The lowest BCUT2D eigenvalue weighted by Crippen LogP contribution is -2.39. The van der Waals surface area contributed by atoms with Crippen LogP contribution in [0.5, 0.6) is 0 Å². The maximum atomic E-state index is 12.4. The Morgan fingerprint density at radius 3 is 2.46 bits per heavy atom. The lowest BCUT2D eigenvalue weighted by molar-refractivity contribution is -0.117. The number of hydrogen-bond acceptors (Lipinski definition) is 4. The zero-order valence-corrected chi connectivity index (χ0v) is 17.5.